The van der Waals surface area contributed by atoms with Crippen LogP contribution in [0.25, 0.3) is 0 Å². The van der Waals surface area contributed by atoms with E-state index < -0.39 is 0 Å². The molecule has 0 saturated carbocycles. The van der Waals surface area contributed by atoms with Gasteiger partial charge in [0.1, 0.15) is 0 Å². The van der Waals surface area contributed by atoms with Gasteiger partial charge in [-0.3, -0.25) is 0 Å². The second-order valence-corrected chi connectivity index (χ2v) is 0.500. The van der Waals surface area contributed by atoms with Crippen molar-refractivity contribution >= 4 is 0 Å². The summed E-state index contributed by atoms with van der Waals surface area (Å²) >= 11 is 0. The van der Waals surface area contributed by atoms with Gasteiger partial charge in [-0.25, -0.2) is 0 Å². The van der Waals surface area contributed by atoms with Crippen molar-refractivity contribution in [1.29, 1.82) is 0 Å². The average molecular weight is 215 g/mol. The molecule has 0 rings (SSSR count). The van der Waals surface area contributed by atoms with E-state index in [1.54, 1.807) is 0 Å². The quantitative estimate of drug-likeness (QED) is 0.530. The summed E-state index contributed by atoms with van der Waals surface area (Å²) in [7, 11) is 0. The molecule has 0 spiro atoms. The summed E-state index contributed by atoms with van der Waals surface area (Å²) in [5.74, 6) is 0. The van der Waals surface area contributed by atoms with Gasteiger partial charge in [-0.15, -0.1) is 0 Å². The van der Waals surface area contributed by atoms with Crippen molar-refractivity contribution in [2.45, 2.75) is 41.0 Å². The number of hydrogen-bond donors (Lipinski definition) is 0. The molecule has 0 aliphatic carbocycles. The average Bonchev–Trinajstić information content (AvgIpc) is 1.94. The molecular formula is C8H26Y-2. The van der Waals surface area contributed by atoms with Crippen LogP contribution in [0, 0.1) is 14.4 Å². The summed E-state index contributed by atoms with van der Waals surface area (Å²) in [5, 5.41) is 0. The van der Waals surface area contributed by atoms with Crippen molar-refractivity contribution in [3.05, 3.63) is 14.4 Å². The van der Waals surface area contributed by atoms with Gasteiger partial charge >= 0.3 is 0 Å². The number of rotatable bonds is 0. The van der Waals surface area contributed by atoms with Crippen LogP contribution in [0.1, 0.15) is 46.6 Å². The van der Waals surface area contributed by atoms with Crippen LogP contribution >= 0.6 is 0 Å². The van der Waals surface area contributed by atoms with Crippen LogP contribution in [0.3, 0.4) is 0 Å². The van der Waals surface area contributed by atoms with Gasteiger partial charge in [0, 0.05) is 36.9 Å². The molecule has 0 bridgehead atoms. The van der Waals surface area contributed by atoms with E-state index in [4.69, 9.17) is 2.74 Å². The maximum Gasteiger partial charge on any atom is 0.0230 e. The van der Waals surface area contributed by atoms with E-state index in [2.05, 4.69) is 6.92 Å². The van der Waals surface area contributed by atoms with Crippen LogP contribution in [0.4, 0.5) is 0 Å². The minimum Gasteiger partial charge on any atom is -0.358 e. The minimum atomic E-state index is 0. The molecule has 0 amide bonds. The normalized spacial score (nSPS) is 6.22. The molecule has 9 heavy (non-hydrogen) atoms. The fourth-order valence-corrected chi connectivity index (χ4v) is 0. The fraction of sp³-hybridized carbons (Fsp3) is 0.750. The second-order valence-electron chi connectivity index (χ2n) is 0.500. The van der Waals surface area contributed by atoms with Crippen LogP contribution in [-0.4, -0.2) is 0 Å². The van der Waals surface area contributed by atoms with Crippen molar-refractivity contribution < 1.29 is 38.3 Å². The molecule has 0 unspecified atom stereocenters. The molecule has 63 valence electrons. The SMILES string of the molecule is CC.[2HH].[2HH].[2H]CCC.[2H]C[CH2-].[CH3-].[Y]. The molecule has 0 aliphatic heterocycles. The molecule has 0 atom stereocenters. The van der Waals surface area contributed by atoms with Crippen molar-refractivity contribution in [2.24, 2.45) is 0 Å². The van der Waals surface area contributed by atoms with Gasteiger partial charge in [-0.1, -0.05) is 34.1 Å². The Morgan fingerprint density at radius 2 is 1.67 bits per heavy atom. The summed E-state index contributed by atoms with van der Waals surface area (Å²) in [6.07, 6.45) is 0.986. The zero-order valence-electron chi connectivity index (χ0n) is 9.41. The van der Waals surface area contributed by atoms with Gasteiger partial charge in [0.25, 0.3) is 0 Å². The molecule has 0 N–H and O–H groups in total. The molecule has 0 aromatic heterocycles. The van der Waals surface area contributed by atoms with Crippen molar-refractivity contribution in [2.75, 3.05) is 0 Å². The molecule has 0 nitrogen and oxygen atoms in total. The molecule has 0 aliphatic rings. The Morgan fingerprint density at radius 3 is 1.67 bits per heavy atom. The first-order chi connectivity index (χ1) is 4.33. The third kappa shape index (κ3) is 377. The summed E-state index contributed by atoms with van der Waals surface area (Å²) in [6, 6.07) is 0. The van der Waals surface area contributed by atoms with Gasteiger partial charge in [0.15, 0.2) is 0 Å². The first kappa shape index (κ1) is 16.6. The van der Waals surface area contributed by atoms with Crippen molar-refractivity contribution in [3.8, 4) is 0 Å². The molecule has 0 saturated heterocycles. The predicted octanol–water partition coefficient (Wildman–Crippen LogP) is 4.22. The van der Waals surface area contributed by atoms with Crippen LogP contribution in [0.2, 0.25) is 0 Å². The zero-order valence-corrected chi connectivity index (χ0v) is 10.2. The summed E-state index contributed by atoms with van der Waals surface area (Å²) in [6.45, 7) is 9.97. The molecule has 1 radical (unpaired) electrons. The van der Waals surface area contributed by atoms with Crippen molar-refractivity contribution in [1.82, 2.24) is 0 Å². The number of hydrogen-bond acceptors (Lipinski definition) is 0. The minimum absolute atomic E-state index is 0. The molecule has 0 heterocycles. The van der Waals surface area contributed by atoms with E-state index in [-0.39, 0.29) is 49.9 Å². The van der Waals surface area contributed by atoms with E-state index in [1.165, 1.54) is 0 Å². The van der Waals surface area contributed by atoms with Crippen LogP contribution in [0.5, 0.6) is 0 Å². The summed E-state index contributed by atoms with van der Waals surface area (Å²) in [4.78, 5) is 0. The van der Waals surface area contributed by atoms with Gasteiger partial charge in [0.2, 0.25) is 0 Å². The maximum absolute atomic E-state index is 6.45. The van der Waals surface area contributed by atoms with E-state index in [0.29, 0.717) is 6.90 Å². The van der Waals surface area contributed by atoms with Gasteiger partial charge in [-0.2, -0.15) is 6.90 Å². The predicted molar refractivity (Wildman–Crippen MR) is 49.0 cm³/mol. The monoisotopic (exact) mass is 215 g/mol. The Morgan fingerprint density at radius 1 is 1.56 bits per heavy atom. The first-order valence-electron chi connectivity index (χ1n) is 4.12. The van der Waals surface area contributed by atoms with E-state index in [9.17, 15) is 0 Å². The molecule has 0 fully saturated rings. The zero-order chi connectivity index (χ0) is 8.12. The van der Waals surface area contributed by atoms with E-state index in [0.717, 1.165) is 6.42 Å². The Bertz CT molecular complexity index is 23.6. The smallest absolute Gasteiger partial charge is 0.0230 e. The van der Waals surface area contributed by atoms with E-state index in [1.807, 2.05) is 20.8 Å². The Kier molecular flexibility index (Phi) is 249. The van der Waals surface area contributed by atoms with Gasteiger partial charge in [-0.05, 0) is 1.37 Å². The molecule has 0 aromatic carbocycles. The van der Waals surface area contributed by atoms with Crippen molar-refractivity contribution in [3.63, 3.8) is 0 Å². The molecule has 0 aromatic rings. The van der Waals surface area contributed by atoms with E-state index >= 15 is 0 Å². The molecular weight excluding hydrogens is 185 g/mol. The first-order valence-corrected chi connectivity index (χ1v) is 2.71. The third-order valence-electron chi connectivity index (χ3n) is 0. The Balaban J connectivity index is -0.00000000749. The Labute approximate surface area is 93.5 Å². The van der Waals surface area contributed by atoms with Gasteiger partial charge in [0.05, 0.1) is 0 Å². The largest absolute Gasteiger partial charge is 0.358 e. The Hall–Kier alpha value is 1.10. The topological polar surface area (TPSA) is 0 Å². The van der Waals surface area contributed by atoms with Crippen LogP contribution in [-0.2, 0) is 32.7 Å². The van der Waals surface area contributed by atoms with Gasteiger partial charge < -0.3 is 14.4 Å². The second kappa shape index (κ2) is 135. The summed E-state index contributed by atoms with van der Waals surface area (Å²) < 4.78 is 12.5. The van der Waals surface area contributed by atoms with Crippen LogP contribution in [0.15, 0.2) is 0 Å². The standard InChI is InChI=1S/C3H8.C2H6.C2H5.CH3.Y.2H2/c1-3-2;2*1-2;;;;/h3H2,1-2H3;1-2H3;1H2,2H3;1H3;;2*1H/q;;2*-1;;;/i1D;;2D;;;2*1+1. The third-order valence-corrected chi connectivity index (χ3v) is 0. The maximum atomic E-state index is 6.45. The summed E-state index contributed by atoms with van der Waals surface area (Å²) in [5.41, 5.74) is 0. The van der Waals surface area contributed by atoms with Crippen LogP contribution < -0.4 is 0 Å². The fourth-order valence-electron chi connectivity index (χ4n) is 0. The molecule has 1 heteroatoms.